The summed E-state index contributed by atoms with van der Waals surface area (Å²) in [6, 6.07) is 0.123. The number of nitrogens with one attached hydrogen (secondary N) is 2. The molecule has 0 atom stereocenters. The Morgan fingerprint density at radius 3 is 2.39 bits per heavy atom. The molecule has 108 valence electrons. The molecule has 0 unspecified atom stereocenters. The lowest BCUT2D eigenvalue weighted by molar-refractivity contribution is 0.306. The second-order valence-electron chi connectivity index (χ2n) is 5.19. The largest absolute Gasteiger partial charge is 0.307 e. The number of hydrogen-bond donors (Lipinski definition) is 3. The molecule has 0 radical (unpaired) electrons. The van der Waals surface area contributed by atoms with E-state index in [1.165, 1.54) is 11.9 Å². The van der Waals surface area contributed by atoms with E-state index in [-0.39, 0.29) is 11.3 Å². The lowest BCUT2D eigenvalue weighted by Crippen LogP contribution is -2.41. The summed E-state index contributed by atoms with van der Waals surface area (Å²) in [5.41, 5.74) is 0. The van der Waals surface area contributed by atoms with Crippen LogP contribution in [0.2, 0.25) is 0 Å². The Hall–Kier alpha value is 0.180. The van der Waals surface area contributed by atoms with E-state index in [9.17, 15) is 8.42 Å². The van der Waals surface area contributed by atoms with Crippen molar-refractivity contribution in [3.05, 3.63) is 0 Å². The summed E-state index contributed by atoms with van der Waals surface area (Å²) in [5.74, 6) is 1.43. The van der Waals surface area contributed by atoms with Crippen molar-refractivity contribution in [2.24, 2.45) is 11.1 Å². The summed E-state index contributed by atoms with van der Waals surface area (Å²) in [5, 5.41) is 8.28. The van der Waals surface area contributed by atoms with E-state index in [0.29, 0.717) is 5.92 Å². The van der Waals surface area contributed by atoms with Gasteiger partial charge in [0.2, 0.25) is 10.0 Å². The Bertz CT molecular complexity index is 325. The molecular weight excluding hydrogens is 270 g/mol. The van der Waals surface area contributed by atoms with Crippen LogP contribution in [0, 0.1) is 5.92 Å². The molecule has 0 amide bonds. The summed E-state index contributed by atoms with van der Waals surface area (Å²) in [6.07, 6.45) is 4.03. The maximum atomic E-state index is 11.8. The van der Waals surface area contributed by atoms with Crippen molar-refractivity contribution in [1.82, 2.24) is 10.0 Å². The average Bonchev–Trinajstić information content (AvgIpc) is 2.31. The van der Waals surface area contributed by atoms with Gasteiger partial charge in [0.05, 0.1) is 11.1 Å². The van der Waals surface area contributed by atoms with Gasteiger partial charge in [0.15, 0.2) is 0 Å². The van der Waals surface area contributed by atoms with Gasteiger partial charge in [-0.3, -0.25) is 5.14 Å². The minimum absolute atomic E-state index is 0.123. The van der Waals surface area contributed by atoms with E-state index in [0.717, 1.165) is 38.1 Å². The molecule has 0 aromatic heterocycles. The Kier molecular flexibility index (Phi) is 6.94. The Balaban J connectivity index is 2.27. The first-order chi connectivity index (χ1) is 8.45. The number of hydrogen-bond acceptors (Lipinski definition) is 5. The molecule has 0 bridgehead atoms. The molecule has 0 saturated heterocycles. The predicted octanol–water partition coefficient (Wildman–Crippen LogP) is 1.03. The van der Waals surface area contributed by atoms with Crippen LogP contribution in [0.5, 0.6) is 0 Å². The molecule has 0 spiro atoms. The first-order valence-corrected chi connectivity index (χ1v) is 9.08. The highest BCUT2D eigenvalue weighted by Gasteiger charge is 2.25. The molecule has 1 aliphatic rings. The molecule has 0 aliphatic heterocycles. The van der Waals surface area contributed by atoms with E-state index < -0.39 is 10.0 Å². The highest BCUT2D eigenvalue weighted by molar-refractivity contribution is 7.97. The summed E-state index contributed by atoms with van der Waals surface area (Å²) in [4.78, 5) is 0. The average molecular weight is 295 g/mol. The zero-order chi connectivity index (χ0) is 13.6. The lowest BCUT2D eigenvalue weighted by Gasteiger charge is -2.29. The van der Waals surface area contributed by atoms with E-state index in [4.69, 9.17) is 5.14 Å². The highest BCUT2D eigenvalue weighted by atomic mass is 32.2. The van der Waals surface area contributed by atoms with Crippen LogP contribution in [0.4, 0.5) is 0 Å². The van der Waals surface area contributed by atoms with Crippen molar-refractivity contribution in [2.75, 3.05) is 12.4 Å². The van der Waals surface area contributed by atoms with Crippen LogP contribution < -0.4 is 15.2 Å². The van der Waals surface area contributed by atoms with E-state index in [1.807, 2.05) is 0 Å². The van der Waals surface area contributed by atoms with Gasteiger partial charge in [0, 0.05) is 6.04 Å². The fourth-order valence-electron chi connectivity index (χ4n) is 2.17. The monoisotopic (exact) mass is 295 g/mol. The van der Waals surface area contributed by atoms with Crippen LogP contribution in [0.3, 0.4) is 0 Å². The summed E-state index contributed by atoms with van der Waals surface area (Å²) in [7, 11) is -3.12. The van der Waals surface area contributed by atoms with Crippen LogP contribution >= 0.6 is 11.9 Å². The fraction of sp³-hybridized carbons (Fsp3) is 1.00. The quantitative estimate of drug-likeness (QED) is 0.371. The molecule has 4 N–H and O–H groups in total. The molecule has 0 aromatic rings. The number of nitrogens with two attached hydrogens (primary N) is 1. The van der Waals surface area contributed by atoms with Crippen molar-refractivity contribution in [3.8, 4) is 0 Å². The van der Waals surface area contributed by atoms with E-state index >= 15 is 0 Å². The van der Waals surface area contributed by atoms with Crippen molar-refractivity contribution in [3.63, 3.8) is 0 Å². The SMILES string of the molecule is CC(C)S(=O)(=O)NC1CCC(CNCSN)CC1. The second kappa shape index (κ2) is 7.69. The van der Waals surface area contributed by atoms with Gasteiger partial charge >= 0.3 is 0 Å². The van der Waals surface area contributed by atoms with Crippen molar-refractivity contribution in [1.29, 1.82) is 0 Å². The third kappa shape index (κ3) is 5.44. The maximum absolute atomic E-state index is 11.8. The molecular formula is C11H25N3O2S2. The summed E-state index contributed by atoms with van der Waals surface area (Å²) < 4.78 is 26.3. The molecule has 5 nitrogen and oxygen atoms in total. The van der Waals surface area contributed by atoms with Gasteiger partial charge in [-0.05, 0) is 52.0 Å². The van der Waals surface area contributed by atoms with Gasteiger partial charge in [0.1, 0.15) is 0 Å². The van der Waals surface area contributed by atoms with Crippen LogP contribution in [-0.4, -0.2) is 32.1 Å². The Morgan fingerprint density at radius 2 is 1.89 bits per heavy atom. The topological polar surface area (TPSA) is 84.2 Å². The Morgan fingerprint density at radius 1 is 1.28 bits per heavy atom. The molecule has 1 rings (SSSR count). The van der Waals surface area contributed by atoms with Crippen molar-refractivity contribution < 1.29 is 8.42 Å². The Labute approximate surface area is 115 Å². The molecule has 0 aromatic carbocycles. The second-order valence-corrected chi connectivity index (χ2v) is 8.08. The minimum Gasteiger partial charge on any atom is -0.307 e. The normalized spacial score (nSPS) is 25.6. The summed E-state index contributed by atoms with van der Waals surface area (Å²) >= 11 is 1.30. The highest BCUT2D eigenvalue weighted by Crippen LogP contribution is 2.24. The van der Waals surface area contributed by atoms with Crippen molar-refractivity contribution in [2.45, 2.75) is 50.8 Å². The zero-order valence-electron chi connectivity index (χ0n) is 11.2. The molecule has 0 heterocycles. The third-order valence-corrected chi connectivity index (χ3v) is 5.69. The van der Waals surface area contributed by atoms with Gasteiger partial charge in [-0.1, -0.05) is 11.9 Å². The van der Waals surface area contributed by atoms with E-state index in [1.54, 1.807) is 13.8 Å². The molecule has 18 heavy (non-hydrogen) atoms. The van der Waals surface area contributed by atoms with Crippen LogP contribution in [-0.2, 0) is 10.0 Å². The number of rotatable bonds is 7. The van der Waals surface area contributed by atoms with Crippen LogP contribution in [0.1, 0.15) is 39.5 Å². The molecule has 1 fully saturated rings. The first kappa shape index (κ1) is 16.2. The molecule has 7 heteroatoms. The van der Waals surface area contributed by atoms with Gasteiger partial charge in [-0.2, -0.15) is 0 Å². The van der Waals surface area contributed by atoms with Crippen LogP contribution in [0.25, 0.3) is 0 Å². The predicted molar refractivity (Wildman–Crippen MR) is 77.6 cm³/mol. The minimum atomic E-state index is -3.12. The standard InChI is InChI=1S/C11H25N3O2S2/c1-9(2)18(15,16)14-11-5-3-10(4-6-11)7-13-8-17-12/h9-11,13-14H,3-8,12H2,1-2H3. The first-order valence-electron chi connectivity index (χ1n) is 6.49. The van der Waals surface area contributed by atoms with Gasteiger partial charge in [0.25, 0.3) is 0 Å². The van der Waals surface area contributed by atoms with E-state index in [2.05, 4.69) is 10.0 Å². The summed E-state index contributed by atoms with van der Waals surface area (Å²) in [6.45, 7) is 4.40. The molecule has 1 saturated carbocycles. The van der Waals surface area contributed by atoms with Gasteiger partial charge in [-0.25, -0.2) is 13.1 Å². The smallest absolute Gasteiger partial charge is 0.214 e. The van der Waals surface area contributed by atoms with Crippen molar-refractivity contribution >= 4 is 22.0 Å². The zero-order valence-corrected chi connectivity index (χ0v) is 12.8. The van der Waals surface area contributed by atoms with Gasteiger partial charge < -0.3 is 5.32 Å². The lowest BCUT2D eigenvalue weighted by atomic mass is 9.86. The van der Waals surface area contributed by atoms with Crippen LogP contribution in [0.15, 0.2) is 0 Å². The fourth-order valence-corrected chi connectivity index (χ4v) is 3.38. The number of sulfonamides is 1. The third-order valence-electron chi connectivity index (χ3n) is 3.42. The van der Waals surface area contributed by atoms with Gasteiger partial charge in [-0.15, -0.1) is 0 Å². The molecule has 1 aliphatic carbocycles. The maximum Gasteiger partial charge on any atom is 0.214 e.